The number of halogens is 1. The second-order valence-electron chi connectivity index (χ2n) is 5.71. The van der Waals surface area contributed by atoms with Gasteiger partial charge in [0.2, 0.25) is 0 Å². The van der Waals surface area contributed by atoms with Crippen LogP contribution in [0.25, 0.3) is 0 Å². The Labute approximate surface area is 93.8 Å². The molecule has 1 fully saturated rings. The lowest BCUT2D eigenvalue weighted by Gasteiger charge is -2.47. The number of alkyl halides is 1. The minimum absolute atomic E-state index is 0.0501. The molecule has 1 heterocycles. The van der Waals surface area contributed by atoms with Gasteiger partial charge in [0.1, 0.15) is 6.17 Å². The number of hydrogen-bond donors (Lipinski definition) is 2. The Morgan fingerprint density at radius 1 is 1.27 bits per heavy atom. The molecule has 1 saturated heterocycles. The minimum Gasteiger partial charge on any atom is -0.325 e. The summed E-state index contributed by atoms with van der Waals surface area (Å²) in [5.41, 5.74) is 5.17. The van der Waals surface area contributed by atoms with E-state index >= 15 is 0 Å². The fraction of sp³-hybridized carbons (Fsp3) is 1.00. The molecular weight excluding hydrogens is 191 g/mol. The zero-order valence-electron chi connectivity index (χ0n) is 11.0. The maximum absolute atomic E-state index is 13.5. The first-order valence-electron chi connectivity index (χ1n) is 5.85. The van der Waals surface area contributed by atoms with Gasteiger partial charge in [0, 0.05) is 17.1 Å². The third kappa shape index (κ3) is 4.47. The van der Waals surface area contributed by atoms with Gasteiger partial charge in [0.25, 0.3) is 0 Å². The molecule has 0 aromatic heterocycles. The molecule has 0 aromatic rings. The van der Waals surface area contributed by atoms with E-state index in [1.54, 1.807) is 0 Å². The number of nitrogens with two attached hydrogens (primary N) is 1. The summed E-state index contributed by atoms with van der Waals surface area (Å²) in [6, 6.07) is -0.337. The van der Waals surface area contributed by atoms with Crippen molar-refractivity contribution in [3.63, 3.8) is 0 Å². The molecule has 2 atom stereocenters. The summed E-state index contributed by atoms with van der Waals surface area (Å²) in [6.07, 6.45) is 0.989. The fourth-order valence-electron chi connectivity index (χ4n) is 2.22. The fourth-order valence-corrected chi connectivity index (χ4v) is 2.22. The van der Waals surface area contributed by atoms with E-state index in [-0.39, 0.29) is 11.6 Å². The zero-order valence-corrected chi connectivity index (χ0v) is 11.0. The Bertz CT molecular complexity index is 190. The van der Waals surface area contributed by atoms with Crippen LogP contribution in [0.15, 0.2) is 0 Å². The van der Waals surface area contributed by atoms with Crippen LogP contribution >= 0.6 is 0 Å². The highest BCUT2D eigenvalue weighted by molar-refractivity contribution is 5.04. The van der Waals surface area contributed by atoms with E-state index in [1.165, 1.54) is 6.42 Å². The van der Waals surface area contributed by atoms with Crippen molar-refractivity contribution in [3.8, 4) is 0 Å². The standard InChI is InChI=1S/C9H19FN2.C3H8/c1-8(2)5-6(11)7(10)9(3,4)12-8;1-3-2/h6-7,12H,5,11H2,1-4H3;3H2,1-2H3. The monoisotopic (exact) mass is 218 g/mol. The molecular formula is C12H27FN2. The van der Waals surface area contributed by atoms with Crippen molar-refractivity contribution in [2.75, 3.05) is 0 Å². The second kappa shape index (κ2) is 5.26. The molecule has 2 nitrogen and oxygen atoms in total. The van der Waals surface area contributed by atoms with Gasteiger partial charge in [-0.05, 0) is 34.1 Å². The van der Waals surface area contributed by atoms with Gasteiger partial charge in [-0.15, -0.1) is 0 Å². The maximum Gasteiger partial charge on any atom is 0.133 e. The van der Waals surface area contributed by atoms with E-state index in [0.717, 1.165) is 0 Å². The topological polar surface area (TPSA) is 38.0 Å². The normalized spacial score (nSPS) is 32.8. The van der Waals surface area contributed by atoms with Crippen molar-refractivity contribution < 1.29 is 4.39 Å². The van der Waals surface area contributed by atoms with E-state index < -0.39 is 11.7 Å². The summed E-state index contributed by atoms with van der Waals surface area (Å²) < 4.78 is 13.5. The molecule has 1 aliphatic heterocycles. The molecule has 0 radical (unpaired) electrons. The summed E-state index contributed by atoms with van der Waals surface area (Å²) in [5.74, 6) is 0. The minimum atomic E-state index is -0.953. The lowest BCUT2D eigenvalue weighted by Crippen LogP contribution is -2.67. The molecule has 0 spiro atoms. The number of piperidine rings is 1. The van der Waals surface area contributed by atoms with Crippen LogP contribution in [-0.4, -0.2) is 23.3 Å². The Kier molecular flexibility index (Phi) is 5.21. The molecule has 0 aromatic carbocycles. The molecule has 0 amide bonds. The molecule has 3 N–H and O–H groups in total. The van der Waals surface area contributed by atoms with E-state index in [0.29, 0.717) is 6.42 Å². The lowest BCUT2D eigenvalue weighted by atomic mass is 9.78. The molecule has 2 unspecified atom stereocenters. The lowest BCUT2D eigenvalue weighted by molar-refractivity contribution is 0.0587. The van der Waals surface area contributed by atoms with Crippen molar-refractivity contribution >= 4 is 0 Å². The first kappa shape index (κ1) is 14.8. The van der Waals surface area contributed by atoms with Gasteiger partial charge in [-0.3, -0.25) is 0 Å². The van der Waals surface area contributed by atoms with Crippen LogP contribution in [0.3, 0.4) is 0 Å². The van der Waals surface area contributed by atoms with Crippen molar-refractivity contribution in [2.45, 2.75) is 77.7 Å². The molecule has 15 heavy (non-hydrogen) atoms. The third-order valence-corrected chi connectivity index (χ3v) is 2.47. The number of nitrogens with one attached hydrogen (secondary N) is 1. The van der Waals surface area contributed by atoms with Crippen molar-refractivity contribution in [2.24, 2.45) is 5.73 Å². The first-order chi connectivity index (χ1) is 6.66. The molecule has 0 bridgehead atoms. The Morgan fingerprint density at radius 3 is 2.00 bits per heavy atom. The van der Waals surface area contributed by atoms with Crippen molar-refractivity contribution in [1.82, 2.24) is 5.32 Å². The number of rotatable bonds is 0. The van der Waals surface area contributed by atoms with Crippen LogP contribution < -0.4 is 11.1 Å². The highest BCUT2D eigenvalue weighted by Crippen LogP contribution is 2.29. The van der Waals surface area contributed by atoms with E-state index in [1.807, 2.05) is 13.8 Å². The van der Waals surface area contributed by atoms with Crippen LogP contribution in [-0.2, 0) is 0 Å². The van der Waals surface area contributed by atoms with Crippen molar-refractivity contribution in [3.05, 3.63) is 0 Å². The molecule has 3 heteroatoms. The van der Waals surface area contributed by atoms with Gasteiger partial charge in [-0.25, -0.2) is 4.39 Å². The van der Waals surface area contributed by atoms with Gasteiger partial charge < -0.3 is 11.1 Å². The van der Waals surface area contributed by atoms with Crippen LogP contribution in [0, 0.1) is 0 Å². The van der Waals surface area contributed by atoms with E-state index in [9.17, 15) is 4.39 Å². The van der Waals surface area contributed by atoms with Crippen LogP contribution in [0.5, 0.6) is 0 Å². The van der Waals surface area contributed by atoms with E-state index in [4.69, 9.17) is 5.73 Å². The highest BCUT2D eigenvalue weighted by atomic mass is 19.1. The molecule has 1 rings (SSSR count). The van der Waals surface area contributed by atoms with E-state index in [2.05, 4.69) is 33.0 Å². The molecule has 0 aliphatic carbocycles. The zero-order chi connectivity index (χ0) is 12.3. The Hall–Kier alpha value is -0.150. The van der Waals surface area contributed by atoms with Crippen molar-refractivity contribution in [1.29, 1.82) is 0 Å². The summed E-state index contributed by atoms with van der Waals surface area (Å²) in [7, 11) is 0. The smallest absolute Gasteiger partial charge is 0.133 e. The summed E-state index contributed by atoms with van der Waals surface area (Å²) >= 11 is 0. The number of hydrogen-bond acceptors (Lipinski definition) is 2. The largest absolute Gasteiger partial charge is 0.325 e. The maximum atomic E-state index is 13.5. The Balaban J connectivity index is 0.000000583. The van der Waals surface area contributed by atoms with Gasteiger partial charge in [0.05, 0.1) is 0 Å². The predicted octanol–water partition coefficient (Wildman–Crippen LogP) is 2.62. The van der Waals surface area contributed by atoms with Gasteiger partial charge >= 0.3 is 0 Å². The summed E-state index contributed by atoms with van der Waals surface area (Å²) in [5, 5.41) is 3.26. The first-order valence-corrected chi connectivity index (χ1v) is 5.85. The average molecular weight is 218 g/mol. The van der Waals surface area contributed by atoms with Crippen LogP contribution in [0.1, 0.15) is 54.4 Å². The highest BCUT2D eigenvalue weighted by Gasteiger charge is 2.44. The molecule has 0 saturated carbocycles. The van der Waals surface area contributed by atoms with Crippen LogP contribution in [0.4, 0.5) is 4.39 Å². The quantitative estimate of drug-likeness (QED) is 0.656. The summed E-state index contributed by atoms with van der Waals surface area (Å²) in [4.78, 5) is 0. The predicted molar refractivity (Wildman–Crippen MR) is 64.7 cm³/mol. The molecule has 1 aliphatic rings. The molecule has 92 valence electrons. The van der Waals surface area contributed by atoms with Gasteiger partial charge in [-0.1, -0.05) is 20.3 Å². The second-order valence-corrected chi connectivity index (χ2v) is 5.71. The third-order valence-electron chi connectivity index (χ3n) is 2.47. The SMILES string of the molecule is CC1(C)CC(N)C(F)C(C)(C)N1.CCC. The average Bonchev–Trinajstić information content (AvgIpc) is 1.99. The van der Waals surface area contributed by atoms with Gasteiger partial charge in [-0.2, -0.15) is 0 Å². The summed E-state index contributed by atoms with van der Waals surface area (Å²) in [6.45, 7) is 12.1. The Morgan fingerprint density at radius 2 is 1.67 bits per heavy atom. The van der Waals surface area contributed by atoms with Crippen LogP contribution in [0.2, 0.25) is 0 Å². The van der Waals surface area contributed by atoms with Gasteiger partial charge in [0.15, 0.2) is 0 Å².